The predicted octanol–water partition coefficient (Wildman–Crippen LogP) is 1.31. The second-order valence-corrected chi connectivity index (χ2v) is 6.09. The van der Waals surface area contributed by atoms with Gasteiger partial charge in [-0.05, 0) is 18.2 Å². The zero-order valence-corrected chi connectivity index (χ0v) is 15.1. The van der Waals surface area contributed by atoms with Crippen molar-refractivity contribution in [3.63, 3.8) is 0 Å². The van der Waals surface area contributed by atoms with Crippen LogP contribution in [0.15, 0.2) is 28.7 Å². The Hall–Kier alpha value is -3.18. The summed E-state index contributed by atoms with van der Waals surface area (Å²) in [5.41, 5.74) is -0.441. The Labute approximate surface area is 161 Å². The predicted molar refractivity (Wildman–Crippen MR) is 97.4 cm³/mol. The summed E-state index contributed by atoms with van der Waals surface area (Å²) in [6.45, 7) is -0.135. The van der Waals surface area contributed by atoms with Crippen molar-refractivity contribution in [2.45, 2.75) is 0 Å². The van der Waals surface area contributed by atoms with Gasteiger partial charge in [-0.1, -0.05) is 16.8 Å². The number of rotatable bonds is 9. The zero-order chi connectivity index (χ0) is 19.8. The van der Waals surface area contributed by atoms with Crippen LogP contribution in [0, 0.1) is 0 Å². The van der Waals surface area contributed by atoms with Gasteiger partial charge in [-0.15, -0.1) is 11.3 Å². The van der Waals surface area contributed by atoms with E-state index < -0.39 is 17.6 Å². The smallest absolute Gasteiger partial charge is 0.360 e. The third-order valence-electron chi connectivity index (χ3n) is 2.97. The summed E-state index contributed by atoms with van der Waals surface area (Å²) in [6, 6.07) is 4.03. The van der Waals surface area contributed by atoms with E-state index in [9.17, 15) is 19.5 Å². The topological polar surface area (TPSA) is 150 Å². The van der Waals surface area contributed by atoms with E-state index in [2.05, 4.69) is 20.8 Å². The fourth-order valence-electron chi connectivity index (χ4n) is 1.80. The molecule has 4 N–H and O–H groups in total. The van der Waals surface area contributed by atoms with Gasteiger partial charge < -0.3 is 25.7 Å². The van der Waals surface area contributed by atoms with Crippen molar-refractivity contribution in [2.24, 2.45) is 5.16 Å². The average Bonchev–Trinajstić information content (AvgIpc) is 3.08. The molecule has 27 heavy (non-hydrogen) atoms. The van der Waals surface area contributed by atoms with Gasteiger partial charge in [0.2, 0.25) is 12.1 Å². The summed E-state index contributed by atoms with van der Waals surface area (Å²) in [4.78, 5) is 42.3. The van der Waals surface area contributed by atoms with E-state index in [0.29, 0.717) is 6.41 Å². The van der Waals surface area contributed by atoms with Crippen molar-refractivity contribution < 1.29 is 29.4 Å². The van der Waals surface area contributed by atoms with Gasteiger partial charge in [0.25, 0.3) is 5.91 Å². The first kappa shape index (κ1) is 20.1. The van der Waals surface area contributed by atoms with Crippen LogP contribution in [0.4, 0.5) is 5.13 Å². The first-order valence-corrected chi connectivity index (χ1v) is 8.54. The Kier molecular flexibility index (Phi) is 7.08. The van der Waals surface area contributed by atoms with Crippen LogP contribution in [-0.2, 0) is 14.4 Å². The molecular weight excluding hydrogens is 400 g/mol. The molecule has 12 heteroatoms. The molecule has 0 radical (unpaired) electrons. The van der Waals surface area contributed by atoms with Crippen LogP contribution in [0.2, 0.25) is 5.02 Å². The molecule has 0 atom stereocenters. The van der Waals surface area contributed by atoms with Crippen molar-refractivity contribution in [2.75, 3.05) is 18.5 Å². The first-order valence-electron chi connectivity index (χ1n) is 7.28. The highest BCUT2D eigenvalue weighted by Crippen LogP contribution is 2.21. The molecule has 0 saturated carbocycles. The van der Waals surface area contributed by atoms with Crippen molar-refractivity contribution in [1.82, 2.24) is 10.3 Å². The lowest BCUT2D eigenvalue weighted by atomic mass is 10.2. The molecule has 0 saturated heterocycles. The molecule has 142 valence electrons. The normalized spacial score (nSPS) is 10.9. The van der Waals surface area contributed by atoms with Gasteiger partial charge in [0.15, 0.2) is 5.13 Å². The number of aliphatic carboxylic acids is 1. The number of oxime groups is 1. The minimum absolute atomic E-state index is 0.00377. The summed E-state index contributed by atoms with van der Waals surface area (Å²) < 4.78 is 0. The van der Waals surface area contributed by atoms with Crippen molar-refractivity contribution in [3.05, 3.63) is 39.9 Å². The minimum Gasteiger partial charge on any atom is -0.507 e. The number of carboxylic acid groups (broad SMARTS) is 1. The number of anilines is 1. The Balaban J connectivity index is 1.90. The molecule has 0 aliphatic rings. The van der Waals surface area contributed by atoms with Gasteiger partial charge in [0.1, 0.15) is 18.1 Å². The molecule has 2 amide bonds. The van der Waals surface area contributed by atoms with Gasteiger partial charge in [0.05, 0.1) is 12.1 Å². The SMILES string of the molecule is O=CNc1nc(/C(=N\OCCNC(=O)c2cc(Cl)ccc2O)C(=O)O)cs1. The van der Waals surface area contributed by atoms with Crippen LogP contribution in [0.1, 0.15) is 16.1 Å². The van der Waals surface area contributed by atoms with E-state index in [1.54, 1.807) is 0 Å². The maximum absolute atomic E-state index is 11.9. The number of nitrogens with one attached hydrogen (secondary N) is 2. The molecule has 10 nitrogen and oxygen atoms in total. The second kappa shape index (κ2) is 9.50. The lowest BCUT2D eigenvalue weighted by Gasteiger charge is -2.07. The Morgan fingerprint density at radius 3 is 2.89 bits per heavy atom. The van der Waals surface area contributed by atoms with Gasteiger partial charge >= 0.3 is 5.97 Å². The average molecular weight is 413 g/mol. The Morgan fingerprint density at radius 2 is 2.19 bits per heavy atom. The highest BCUT2D eigenvalue weighted by Gasteiger charge is 2.17. The number of nitrogens with zero attached hydrogens (tertiary/aromatic N) is 2. The first-order chi connectivity index (χ1) is 12.9. The summed E-state index contributed by atoms with van der Waals surface area (Å²) in [7, 11) is 0. The van der Waals surface area contributed by atoms with Crippen LogP contribution in [0.25, 0.3) is 0 Å². The molecule has 2 rings (SSSR count). The summed E-state index contributed by atoms with van der Waals surface area (Å²) >= 11 is 6.79. The Morgan fingerprint density at radius 1 is 1.41 bits per heavy atom. The van der Waals surface area contributed by atoms with E-state index in [0.717, 1.165) is 11.3 Å². The molecule has 0 fully saturated rings. The molecule has 1 heterocycles. The van der Waals surface area contributed by atoms with Crippen LogP contribution in [0.5, 0.6) is 5.75 Å². The van der Waals surface area contributed by atoms with Crippen LogP contribution in [0.3, 0.4) is 0 Å². The summed E-state index contributed by atoms with van der Waals surface area (Å²) in [5.74, 6) is -2.18. The zero-order valence-electron chi connectivity index (χ0n) is 13.5. The largest absolute Gasteiger partial charge is 0.507 e. The number of phenolic OH excluding ortho intramolecular Hbond substituents is 1. The standard InChI is InChI=1S/C15H13ClN4O6S/c16-8-1-2-11(22)9(5-8)13(23)17-3-4-26-20-12(14(24)25)10-6-27-15(19-10)18-7-21/h1-2,5-7,22H,3-4H2,(H,17,23)(H,24,25)(H,18,19,21)/b20-12+. The van der Waals surface area contributed by atoms with Crippen LogP contribution >= 0.6 is 22.9 Å². The van der Waals surface area contributed by atoms with E-state index in [1.807, 2.05) is 0 Å². The number of carboxylic acids is 1. The fraction of sp³-hybridized carbons (Fsp3) is 0.133. The number of amides is 2. The van der Waals surface area contributed by atoms with Gasteiger partial charge in [-0.25, -0.2) is 9.78 Å². The summed E-state index contributed by atoms with van der Waals surface area (Å²) in [6.07, 6.45) is 0.414. The number of thiazole rings is 1. The lowest BCUT2D eigenvalue weighted by Crippen LogP contribution is -2.27. The molecule has 0 aliphatic heterocycles. The minimum atomic E-state index is -1.37. The number of phenols is 1. The van der Waals surface area contributed by atoms with E-state index in [-0.39, 0.29) is 40.3 Å². The van der Waals surface area contributed by atoms with Gasteiger partial charge in [-0.2, -0.15) is 0 Å². The monoisotopic (exact) mass is 412 g/mol. The molecule has 0 unspecified atom stereocenters. The number of hydrogen-bond acceptors (Lipinski definition) is 8. The number of halogens is 1. The molecule has 0 spiro atoms. The number of benzene rings is 1. The number of aromatic hydroxyl groups is 1. The third kappa shape index (κ3) is 5.66. The maximum Gasteiger partial charge on any atom is 0.360 e. The number of aromatic nitrogens is 1. The van der Waals surface area contributed by atoms with E-state index in [4.69, 9.17) is 21.5 Å². The molecule has 1 aromatic heterocycles. The van der Waals surface area contributed by atoms with Gasteiger partial charge in [-0.3, -0.25) is 9.59 Å². The van der Waals surface area contributed by atoms with Crippen molar-refractivity contribution in [1.29, 1.82) is 0 Å². The molecule has 0 bridgehead atoms. The second-order valence-electron chi connectivity index (χ2n) is 4.80. The van der Waals surface area contributed by atoms with E-state index in [1.165, 1.54) is 23.6 Å². The van der Waals surface area contributed by atoms with Crippen LogP contribution < -0.4 is 10.6 Å². The lowest BCUT2D eigenvalue weighted by molar-refractivity contribution is -0.129. The maximum atomic E-state index is 11.9. The summed E-state index contributed by atoms with van der Waals surface area (Å²) in [5, 5.41) is 29.0. The molecular formula is C15H13ClN4O6S. The van der Waals surface area contributed by atoms with Crippen LogP contribution in [-0.4, -0.2) is 52.3 Å². The number of hydrogen-bond donors (Lipinski definition) is 4. The quantitative estimate of drug-likeness (QED) is 0.210. The van der Waals surface area contributed by atoms with Gasteiger partial charge in [0, 0.05) is 10.4 Å². The molecule has 1 aromatic carbocycles. The highest BCUT2D eigenvalue weighted by atomic mass is 35.5. The van der Waals surface area contributed by atoms with Crippen molar-refractivity contribution >= 4 is 52.1 Å². The fourth-order valence-corrected chi connectivity index (χ4v) is 2.63. The highest BCUT2D eigenvalue weighted by molar-refractivity contribution is 7.14. The number of carbonyl (C=O) groups is 3. The van der Waals surface area contributed by atoms with Crippen molar-refractivity contribution in [3.8, 4) is 5.75 Å². The van der Waals surface area contributed by atoms with E-state index >= 15 is 0 Å². The Bertz CT molecular complexity index is 885. The number of carbonyl (C=O) groups excluding carboxylic acids is 2. The third-order valence-corrected chi connectivity index (χ3v) is 3.98. The molecule has 0 aliphatic carbocycles. The molecule has 2 aromatic rings.